The van der Waals surface area contributed by atoms with Crippen molar-refractivity contribution in [1.82, 2.24) is 14.7 Å². The fraction of sp³-hybridized carbons (Fsp3) is 0.286. The second kappa shape index (κ2) is 6.54. The van der Waals surface area contributed by atoms with Gasteiger partial charge in [-0.2, -0.15) is 0 Å². The smallest absolute Gasteiger partial charge is 0.255 e. The van der Waals surface area contributed by atoms with Crippen LogP contribution in [-0.2, 0) is 0 Å². The highest BCUT2D eigenvalue weighted by Crippen LogP contribution is 2.32. The van der Waals surface area contributed by atoms with Crippen molar-refractivity contribution in [3.8, 4) is 11.3 Å². The fourth-order valence-corrected chi connectivity index (χ4v) is 3.39. The van der Waals surface area contributed by atoms with Gasteiger partial charge in [-0.1, -0.05) is 12.1 Å². The summed E-state index contributed by atoms with van der Waals surface area (Å²) in [4.78, 5) is 28.9. The van der Waals surface area contributed by atoms with Crippen LogP contribution in [0.15, 0.2) is 42.6 Å². The van der Waals surface area contributed by atoms with Crippen molar-refractivity contribution in [1.29, 1.82) is 0 Å². The summed E-state index contributed by atoms with van der Waals surface area (Å²) in [6, 6.07) is 11.0. The molecule has 0 aliphatic heterocycles. The predicted octanol–water partition coefficient (Wildman–Crippen LogP) is 2.94. The molecule has 6 heteroatoms. The van der Waals surface area contributed by atoms with Gasteiger partial charge in [-0.25, -0.2) is 4.98 Å². The van der Waals surface area contributed by atoms with Gasteiger partial charge in [0.15, 0.2) is 0 Å². The average Bonchev–Trinajstić information content (AvgIpc) is 3.41. The zero-order chi connectivity index (χ0) is 19.1. The molecule has 1 saturated carbocycles. The molecule has 0 spiro atoms. The number of benzene rings is 1. The van der Waals surface area contributed by atoms with Crippen molar-refractivity contribution < 1.29 is 9.59 Å². The van der Waals surface area contributed by atoms with E-state index in [9.17, 15) is 9.59 Å². The normalized spacial score (nSPS) is 14.9. The minimum Gasteiger partial charge on any atom is -0.366 e. The van der Waals surface area contributed by atoms with Crippen molar-refractivity contribution >= 4 is 17.5 Å². The van der Waals surface area contributed by atoms with Gasteiger partial charge in [0.25, 0.3) is 5.91 Å². The van der Waals surface area contributed by atoms with Gasteiger partial charge in [-0.05, 0) is 56.9 Å². The van der Waals surface area contributed by atoms with E-state index in [4.69, 9.17) is 10.7 Å². The Bertz CT molecular complexity index is 1050. The van der Waals surface area contributed by atoms with Crippen LogP contribution < -0.4 is 11.1 Å². The molecule has 0 saturated heterocycles. The van der Waals surface area contributed by atoms with E-state index in [1.54, 1.807) is 24.3 Å². The zero-order valence-electron chi connectivity index (χ0n) is 15.4. The molecular formula is C21H22N4O2. The van der Waals surface area contributed by atoms with E-state index in [1.807, 2.05) is 36.6 Å². The molecule has 0 radical (unpaired) electrons. The van der Waals surface area contributed by atoms with Gasteiger partial charge in [0.05, 0.1) is 11.3 Å². The van der Waals surface area contributed by atoms with Crippen LogP contribution in [0.4, 0.5) is 0 Å². The van der Waals surface area contributed by atoms with E-state index in [-0.39, 0.29) is 11.9 Å². The first-order valence-corrected chi connectivity index (χ1v) is 9.14. The molecule has 1 aromatic carbocycles. The monoisotopic (exact) mass is 362 g/mol. The molecule has 1 fully saturated rings. The van der Waals surface area contributed by atoms with E-state index in [2.05, 4.69) is 5.32 Å². The van der Waals surface area contributed by atoms with Crippen LogP contribution in [0.3, 0.4) is 0 Å². The van der Waals surface area contributed by atoms with Crippen molar-refractivity contribution in [2.24, 2.45) is 11.7 Å². The largest absolute Gasteiger partial charge is 0.366 e. The molecule has 1 aliphatic carbocycles. The van der Waals surface area contributed by atoms with E-state index >= 15 is 0 Å². The minimum atomic E-state index is -0.480. The summed E-state index contributed by atoms with van der Waals surface area (Å²) in [5.41, 5.74) is 9.42. The Balaban J connectivity index is 1.74. The standard InChI is InChI=1S/C21H22N4O2/c1-12-10-18(15-4-3-5-16(11-15)19(22)26)24-20-17(8-9-25(12)20)21(27)23-13(2)14-6-7-14/h3-5,8-11,13-14H,6-7H2,1-2H3,(H2,22,26)(H,23,27). The maximum atomic E-state index is 12.7. The van der Waals surface area contributed by atoms with E-state index in [1.165, 1.54) is 12.8 Å². The van der Waals surface area contributed by atoms with Gasteiger partial charge in [-0.3, -0.25) is 9.59 Å². The molecule has 1 aliphatic rings. The molecule has 3 aromatic rings. The first-order valence-electron chi connectivity index (χ1n) is 9.14. The number of nitrogens with one attached hydrogen (secondary N) is 1. The molecule has 0 bridgehead atoms. The third-order valence-corrected chi connectivity index (χ3v) is 5.19. The molecule has 2 aromatic heterocycles. The van der Waals surface area contributed by atoms with Gasteiger partial charge in [0, 0.05) is 29.1 Å². The predicted molar refractivity (Wildman–Crippen MR) is 104 cm³/mol. The van der Waals surface area contributed by atoms with E-state index in [0.717, 1.165) is 11.3 Å². The van der Waals surface area contributed by atoms with Crippen molar-refractivity contribution in [3.05, 3.63) is 59.4 Å². The highest BCUT2D eigenvalue weighted by Gasteiger charge is 2.29. The number of nitrogens with two attached hydrogens (primary N) is 1. The molecule has 6 nitrogen and oxygen atoms in total. The van der Waals surface area contributed by atoms with Crippen molar-refractivity contribution in [2.45, 2.75) is 32.7 Å². The number of hydrogen-bond acceptors (Lipinski definition) is 3. The SMILES string of the molecule is Cc1cc(-c2cccc(C(N)=O)c2)nc2c(C(=O)NC(C)C3CC3)ccn12. The molecule has 2 heterocycles. The highest BCUT2D eigenvalue weighted by molar-refractivity contribution is 6.00. The Morgan fingerprint density at radius 1 is 1.26 bits per heavy atom. The van der Waals surface area contributed by atoms with Crippen LogP contribution in [-0.4, -0.2) is 27.2 Å². The molecule has 2 amide bonds. The van der Waals surface area contributed by atoms with Gasteiger partial charge >= 0.3 is 0 Å². The lowest BCUT2D eigenvalue weighted by molar-refractivity contribution is 0.0936. The Labute approximate surface area is 157 Å². The van der Waals surface area contributed by atoms with Crippen LogP contribution in [0.1, 0.15) is 46.2 Å². The Kier molecular flexibility index (Phi) is 4.18. The van der Waals surface area contributed by atoms with Gasteiger partial charge in [-0.15, -0.1) is 0 Å². The van der Waals surface area contributed by atoms with Crippen LogP contribution in [0, 0.1) is 12.8 Å². The minimum absolute atomic E-state index is 0.105. The lowest BCUT2D eigenvalue weighted by Gasteiger charge is -2.12. The molecule has 3 N–H and O–H groups in total. The van der Waals surface area contributed by atoms with Gasteiger partial charge in [0.2, 0.25) is 5.91 Å². The third kappa shape index (κ3) is 3.30. The summed E-state index contributed by atoms with van der Waals surface area (Å²) in [5, 5.41) is 3.09. The molecular weight excluding hydrogens is 340 g/mol. The first kappa shape index (κ1) is 17.3. The third-order valence-electron chi connectivity index (χ3n) is 5.19. The fourth-order valence-electron chi connectivity index (χ4n) is 3.39. The Hall–Kier alpha value is -3.15. The number of aryl methyl sites for hydroxylation is 1. The molecule has 27 heavy (non-hydrogen) atoms. The van der Waals surface area contributed by atoms with Crippen LogP contribution in [0.25, 0.3) is 16.9 Å². The maximum Gasteiger partial charge on any atom is 0.255 e. The summed E-state index contributed by atoms with van der Waals surface area (Å²) in [5.74, 6) is 0.00271. The van der Waals surface area contributed by atoms with Crippen LogP contribution in [0.5, 0.6) is 0 Å². The zero-order valence-corrected chi connectivity index (χ0v) is 15.4. The quantitative estimate of drug-likeness (QED) is 0.731. The molecule has 138 valence electrons. The van der Waals surface area contributed by atoms with Crippen molar-refractivity contribution in [2.75, 3.05) is 0 Å². The van der Waals surface area contributed by atoms with E-state index < -0.39 is 5.91 Å². The van der Waals surface area contributed by atoms with Gasteiger partial charge < -0.3 is 15.5 Å². The lowest BCUT2D eigenvalue weighted by Crippen LogP contribution is -2.34. The number of carbonyl (C=O) groups is 2. The summed E-state index contributed by atoms with van der Waals surface area (Å²) in [6.45, 7) is 4.01. The number of carbonyl (C=O) groups excluding carboxylic acids is 2. The second-order valence-electron chi connectivity index (χ2n) is 7.25. The summed E-state index contributed by atoms with van der Waals surface area (Å²) in [7, 11) is 0. The van der Waals surface area contributed by atoms with Gasteiger partial charge in [0.1, 0.15) is 5.65 Å². The average molecular weight is 362 g/mol. The molecule has 1 atom stereocenters. The number of rotatable bonds is 5. The number of nitrogens with zero attached hydrogens (tertiary/aromatic N) is 2. The lowest BCUT2D eigenvalue weighted by atomic mass is 10.1. The number of amides is 2. The maximum absolute atomic E-state index is 12.7. The Morgan fingerprint density at radius 2 is 2.04 bits per heavy atom. The first-order chi connectivity index (χ1) is 12.9. The number of fused-ring (bicyclic) bond motifs is 1. The highest BCUT2D eigenvalue weighted by atomic mass is 16.2. The second-order valence-corrected chi connectivity index (χ2v) is 7.25. The summed E-state index contributed by atoms with van der Waals surface area (Å²) in [6.07, 6.45) is 4.21. The van der Waals surface area contributed by atoms with Crippen LogP contribution >= 0.6 is 0 Å². The van der Waals surface area contributed by atoms with E-state index in [0.29, 0.717) is 28.4 Å². The molecule has 1 unspecified atom stereocenters. The summed E-state index contributed by atoms with van der Waals surface area (Å²) < 4.78 is 1.90. The van der Waals surface area contributed by atoms with Crippen LogP contribution in [0.2, 0.25) is 0 Å². The Morgan fingerprint density at radius 3 is 2.74 bits per heavy atom. The number of primary amides is 1. The molecule has 4 rings (SSSR count). The van der Waals surface area contributed by atoms with Crippen molar-refractivity contribution in [3.63, 3.8) is 0 Å². The number of aromatic nitrogens is 2. The number of hydrogen-bond donors (Lipinski definition) is 2. The topological polar surface area (TPSA) is 89.5 Å². The summed E-state index contributed by atoms with van der Waals surface area (Å²) >= 11 is 0.